The number of fused-ring (bicyclic) bond motifs is 1. The van der Waals surface area contributed by atoms with Gasteiger partial charge in [-0.1, -0.05) is 35.1 Å². The molecule has 0 bridgehead atoms. The van der Waals surface area contributed by atoms with Gasteiger partial charge in [0.05, 0.1) is 35.1 Å². The Morgan fingerprint density at radius 2 is 1.93 bits per heavy atom. The van der Waals surface area contributed by atoms with Gasteiger partial charge in [0.25, 0.3) is 5.91 Å². The summed E-state index contributed by atoms with van der Waals surface area (Å²) in [7, 11) is 1.28. The Kier molecular flexibility index (Phi) is 6.61. The molecule has 3 aromatic rings. The summed E-state index contributed by atoms with van der Waals surface area (Å²) in [5, 5.41) is 0.611. The van der Waals surface area contributed by atoms with Crippen LogP contribution in [0.2, 0.25) is 5.02 Å². The van der Waals surface area contributed by atoms with E-state index in [4.69, 9.17) is 21.1 Å². The van der Waals surface area contributed by atoms with Crippen LogP contribution in [0, 0.1) is 0 Å². The van der Waals surface area contributed by atoms with Gasteiger partial charge in [-0.25, -0.2) is 4.79 Å². The van der Waals surface area contributed by atoms with Crippen LogP contribution in [-0.2, 0) is 16.0 Å². The van der Waals surface area contributed by atoms with Gasteiger partial charge in [-0.2, -0.15) is 4.99 Å². The molecule has 1 heterocycles. The largest absolute Gasteiger partial charge is 0.465 e. The number of halogens is 1. The van der Waals surface area contributed by atoms with E-state index < -0.39 is 11.9 Å². The van der Waals surface area contributed by atoms with Crippen LogP contribution in [0.3, 0.4) is 0 Å². The van der Waals surface area contributed by atoms with Crippen molar-refractivity contribution in [1.29, 1.82) is 0 Å². The highest BCUT2D eigenvalue weighted by Crippen LogP contribution is 2.22. The molecule has 0 aliphatic rings. The number of methoxy groups -OCH3 is 1. The SMILES string of the molecule is CCOCCn1c(=NC(=O)c2ccccc2C(=O)OC)sc2cc(Cl)ccc21. The molecule has 3 rings (SSSR count). The van der Waals surface area contributed by atoms with Crippen molar-refractivity contribution in [3.63, 3.8) is 0 Å². The fourth-order valence-corrected chi connectivity index (χ4v) is 4.08. The summed E-state index contributed by atoms with van der Waals surface area (Å²) in [4.78, 5) is 29.6. The lowest BCUT2D eigenvalue weighted by Gasteiger charge is -2.06. The molecule has 146 valence electrons. The molecule has 8 heteroatoms. The van der Waals surface area contributed by atoms with Crippen molar-refractivity contribution >= 4 is 45.0 Å². The first-order valence-electron chi connectivity index (χ1n) is 8.68. The minimum Gasteiger partial charge on any atom is -0.465 e. The molecule has 0 N–H and O–H groups in total. The molecule has 0 fully saturated rings. The molecule has 0 aliphatic carbocycles. The van der Waals surface area contributed by atoms with Crippen molar-refractivity contribution < 1.29 is 19.1 Å². The molecular formula is C20H19ClN2O4S. The number of thiazole rings is 1. The van der Waals surface area contributed by atoms with Crippen molar-refractivity contribution in [2.75, 3.05) is 20.3 Å². The first-order valence-corrected chi connectivity index (χ1v) is 9.87. The van der Waals surface area contributed by atoms with Crippen LogP contribution in [-0.4, -0.2) is 36.8 Å². The number of carbonyl (C=O) groups excluding carboxylic acids is 2. The molecule has 28 heavy (non-hydrogen) atoms. The molecule has 0 saturated heterocycles. The Morgan fingerprint density at radius 1 is 1.18 bits per heavy atom. The monoisotopic (exact) mass is 418 g/mol. The molecule has 0 aliphatic heterocycles. The van der Waals surface area contributed by atoms with Gasteiger partial charge in [0, 0.05) is 18.2 Å². The molecule has 1 amide bonds. The van der Waals surface area contributed by atoms with Gasteiger partial charge in [0.1, 0.15) is 0 Å². The highest BCUT2D eigenvalue weighted by molar-refractivity contribution is 7.16. The van der Waals surface area contributed by atoms with Gasteiger partial charge < -0.3 is 14.0 Å². The Labute approximate surface area is 171 Å². The number of aromatic nitrogens is 1. The topological polar surface area (TPSA) is 69.9 Å². The lowest BCUT2D eigenvalue weighted by Crippen LogP contribution is -2.20. The number of ether oxygens (including phenoxy) is 2. The van der Waals surface area contributed by atoms with Crippen LogP contribution < -0.4 is 4.80 Å². The number of hydrogen-bond acceptors (Lipinski definition) is 5. The van der Waals surface area contributed by atoms with Gasteiger partial charge in [0.2, 0.25) is 0 Å². The fourth-order valence-electron chi connectivity index (χ4n) is 2.75. The molecule has 1 aromatic heterocycles. The molecule has 6 nitrogen and oxygen atoms in total. The summed E-state index contributed by atoms with van der Waals surface area (Å²) >= 11 is 7.46. The number of esters is 1. The van der Waals surface area contributed by atoms with Gasteiger partial charge in [-0.05, 0) is 37.3 Å². The van der Waals surface area contributed by atoms with E-state index in [0.29, 0.717) is 29.6 Å². The van der Waals surface area contributed by atoms with Crippen molar-refractivity contribution in [2.24, 2.45) is 4.99 Å². The molecule has 0 spiro atoms. The number of benzene rings is 2. The zero-order valence-corrected chi connectivity index (χ0v) is 17.0. The molecule has 0 saturated carbocycles. The number of rotatable bonds is 6. The molecule has 0 atom stereocenters. The third-order valence-electron chi connectivity index (χ3n) is 4.07. The van der Waals surface area contributed by atoms with Gasteiger partial charge in [0.15, 0.2) is 4.80 Å². The van der Waals surface area contributed by atoms with Crippen LogP contribution >= 0.6 is 22.9 Å². The average molecular weight is 419 g/mol. The van der Waals surface area contributed by atoms with Gasteiger partial charge in [-0.3, -0.25) is 4.79 Å². The maximum Gasteiger partial charge on any atom is 0.338 e. The summed E-state index contributed by atoms with van der Waals surface area (Å²) in [6.07, 6.45) is 0. The van der Waals surface area contributed by atoms with E-state index in [9.17, 15) is 9.59 Å². The van der Waals surface area contributed by atoms with E-state index in [0.717, 1.165) is 10.2 Å². The Morgan fingerprint density at radius 3 is 2.64 bits per heavy atom. The summed E-state index contributed by atoms with van der Waals surface area (Å²) in [6.45, 7) is 3.56. The summed E-state index contributed by atoms with van der Waals surface area (Å²) in [5.41, 5.74) is 1.30. The van der Waals surface area contributed by atoms with Crippen molar-refractivity contribution in [3.05, 3.63) is 63.4 Å². The number of hydrogen-bond donors (Lipinski definition) is 0. The van der Waals surface area contributed by atoms with Crippen molar-refractivity contribution in [1.82, 2.24) is 4.57 Å². The second kappa shape index (κ2) is 9.14. The highest BCUT2D eigenvalue weighted by atomic mass is 35.5. The first kappa shape index (κ1) is 20.3. The van der Waals surface area contributed by atoms with Gasteiger partial charge >= 0.3 is 5.97 Å². The maximum atomic E-state index is 12.8. The normalized spacial score (nSPS) is 11.8. The van der Waals surface area contributed by atoms with Crippen molar-refractivity contribution in [3.8, 4) is 0 Å². The average Bonchev–Trinajstić information content (AvgIpc) is 3.03. The lowest BCUT2D eigenvalue weighted by atomic mass is 10.1. The number of nitrogens with zero attached hydrogens (tertiary/aromatic N) is 2. The Hall–Kier alpha value is -2.48. The van der Waals surface area contributed by atoms with E-state index in [1.165, 1.54) is 18.4 Å². The van der Waals surface area contributed by atoms with E-state index in [2.05, 4.69) is 4.99 Å². The van der Waals surface area contributed by atoms with Crippen LogP contribution in [0.4, 0.5) is 0 Å². The zero-order chi connectivity index (χ0) is 20.1. The summed E-state index contributed by atoms with van der Waals surface area (Å²) in [5.74, 6) is -1.09. The standard InChI is InChI=1S/C20H19ClN2O4S/c1-3-27-11-10-23-16-9-8-13(21)12-17(16)28-20(23)22-18(24)14-6-4-5-7-15(14)19(25)26-2/h4-9,12H,3,10-11H2,1-2H3. The second-order valence-electron chi connectivity index (χ2n) is 5.80. The maximum absolute atomic E-state index is 12.8. The summed E-state index contributed by atoms with van der Waals surface area (Å²) < 4.78 is 13.1. The number of carbonyl (C=O) groups is 2. The second-order valence-corrected chi connectivity index (χ2v) is 7.24. The van der Waals surface area contributed by atoms with E-state index in [1.807, 2.05) is 23.6 Å². The lowest BCUT2D eigenvalue weighted by molar-refractivity contribution is 0.0597. The zero-order valence-electron chi connectivity index (χ0n) is 15.5. The Balaban J connectivity index is 2.09. The van der Waals surface area contributed by atoms with Gasteiger partial charge in [-0.15, -0.1) is 0 Å². The minimum absolute atomic E-state index is 0.184. The minimum atomic E-state index is -0.577. The van der Waals surface area contributed by atoms with Crippen LogP contribution in [0.25, 0.3) is 10.2 Å². The third kappa shape index (κ3) is 4.32. The van der Waals surface area contributed by atoms with Crippen LogP contribution in [0.1, 0.15) is 27.6 Å². The predicted octanol–water partition coefficient (Wildman–Crippen LogP) is 3.92. The predicted molar refractivity (Wildman–Crippen MR) is 109 cm³/mol. The summed E-state index contributed by atoms with van der Waals surface area (Å²) in [6, 6.07) is 12.0. The third-order valence-corrected chi connectivity index (χ3v) is 5.34. The molecule has 0 radical (unpaired) electrons. The van der Waals surface area contributed by atoms with E-state index in [1.54, 1.807) is 30.3 Å². The highest BCUT2D eigenvalue weighted by Gasteiger charge is 2.17. The Bertz CT molecular complexity index is 1090. The van der Waals surface area contributed by atoms with E-state index >= 15 is 0 Å². The first-order chi connectivity index (χ1) is 13.5. The quantitative estimate of drug-likeness (QED) is 0.449. The van der Waals surface area contributed by atoms with E-state index in [-0.39, 0.29) is 11.1 Å². The molecule has 2 aromatic carbocycles. The number of amides is 1. The fraction of sp³-hybridized carbons (Fsp3) is 0.250. The molecular weight excluding hydrogens is 400 g/mol. The van der Waals surface area contributed by atoms with Crippen LogP contribution in [0.5, 0.6) is 0 Å². The molecule has 0 unspecified atom stereocenters. The smallest absolute Gasteiger partial charge is 0.338 e. The van der Waals surface area contributed by atoms with Crippen LogP contribution in [0.15, 0.2) is 47.5 Å². The van der Waals surface area contributed by atoms with Crippen molar-refractivity contribution in [2.45, 2.75) is 13.5 Å².